The second-order valence-electron chi connectivity index (χ2n) is 7.51. The molecule has 0 spiro atoms. The molecule has 144 valence electrons. The zero-order valence-corrected chi connectivity index (χ0v) is 15.0. The topological polar surface area (TPSA) is 98.3 Å². The molecule has 0 bridgehead atoms. The molecule has 2 heterocycles. The molecule has 1 aromatic carbocycles. The zero-order valence-electron chi connectivity index (χ0n) is 15.0. The SMILES string of the molecule is O=C(NC1(C(=O)O)CCCC1)N1CCCCC1c1nc2ccc(F)cc2[nH]1. The number of carboxylic acid groups (broad SMARTS) is 1. The summed E-state index contributed by atoms with van der Waals surface area (Å²) in [7, 11) is 0. The van der Waals surface area contributed by atoms with Crippen molar-refractivity contribution >= 4 is 23.0 Å². The number of benzene rings is 1. The van der Waals surface area contributed by atoms with Gasteiger partial charge in [-0.25, -0.2) is 19.0 Å². The minimum Gasteiger partial charge on any atom is -0.480 e. The molecule has 2 aromatic rings. The van der Waals surface area contributed by atoms with Crippen molar-refractivity contribution in [1.29, 1.82) is 0 Å². The van der Waals surface area contributed by atoms with Crippen molar-refractivity contribution in [1.82, 2.24) is 20.2 Å². The number of fused-ring (bicyclic) bond motifs is 1. The first-order valence-corrected chi connectivity index (χ1v) is 9.46. The van der Waals surface area contributed by atoms with Gasteiger partial charge in [0.2, 0.25) is 0 Å². The first kappa shape index (κ1) is 17.8. The normalized spacial score (nSPS) is 22.1. The van der Waals surface area contributed by atoms with E-state index in [4.69, 9.17) is 0 Å². The molecule has 2 fully saturated rings. The first-order valence-electron chi connectivity index (χ1n) is 9.46. The van der Waals surface area contributed by atoms with Gasteiger partial charge >= 0.3 is 12.0 Å². The lowest BCUT2D eigenvalue weighted by Crippen LogP contribution is -2.57. The molecule has 1 aromatic heterocycles. The van der Waals surface area contributed by atoms with E-state index in [1.807, 2.05) is 0 Å². The molecule has 8 heteroatoms. The molecule has 7 nitrogen and oxygen atoms in total. The quantitative estimate of drug-likeness (QED) is 0.767. The van der Waals surface area contributed by atoms with Crippen LogP contribution in [0, 0.1) is 5.82 Å². The number of amides is 2. The third-order valence-electron chi connectivity index (χ3n) is 5.75. The Hall–Kier alpha value is -2.64. The number of likely N-dealkylation sites (tertiary alicyclic amines) is 1. The van der Waals surface area contributed by atoms with Gasteiger partial charge in [-0.2, -0.15) is 0 Å². The summed E-state index contributed by atoms with van der Waals surface area (Å²) < 4.78 is 13.5. The smallest absolute Gasteiger partial charge is 0.329 e. The van der Waals surface area contributed by atoms with Crippen molar-refractivity contribution in [3.8, 4) is 0 Å². The van der Waals surface area contributed by atoms with Crippen LogP contribution in [-0.2, 0) is 4.79 Å². The summed E-state index contributed by atoms with van der Waals surface area (Å²) in [5, 5.41) is 12.4. The standard InChI is InChI=1S/C19H23FN4O3/c20-12-6-7-13-14(11-12)22-16(21-13)15-5-1-4-10-24(15)18(27)23-19(17(25)26)8-2-3-9-19/h6-7,11,15H,1-5,8-10H2,(H,21,22)(H,23,27)(H,25,26). The molecule has 2 aliphatic rings. The molecule has 1 unspecified atom stereocenters. The van der Waals surface area contributed by atoms with Crippen molar-refractivity contribution in [2.45, 2.75) is 56.5 Å². The van der Waals surface area contributed by atoms with Gasteiger partial charge in [0.15, 0.2) is 0 Å². The third kappa shape index (κ3) is 3.24. The fraction of sp³-hybridized carbons (Fsp3) is 0.526. The van der Waals surface area contributed by atoms with Crippen molar-refractivity contribution in [3.63, 3.8) is 0 Å². The van der Waals surface area contributed by atoms with Crippen LogP contribution < -0.4 is 5.32 Å². The second kappa shape index (κ2) is 6.83. The van der Waals surface area contributed by atoms with Crippen LogP contribution in [0.1, 0.15) is 56.8 Å². The third-order valence-corrected chi connectivity index (χ3v) is 5.75. The lowest BCUT2D eigenvalue weighted by atomic mass is 9.97. The Balaban J connectivity index is 1.59. The summed E-state index contributed by atoms with van der Waals surface area (Å²) in [6.45, 7) is 0.539. The van der Waals surface area contributed by atoms with Crippen LogP contribution in [0.2, 0.25) is 0 Å². The maximum Gasteiger partial charge on any atom is 0.329 e. The fourth-order valence-electron chi connectivity index (χ4n) is 4.27. The van der Waals surface area contributed by atoms with Gasteiger partial charge in [0, 0.05) is 6.54 Å². The van der Waals surface area contributed by atoms with E-state index >= 15 is 0 Å². The number of urea groups is 1. The summed E-state index contributed by atoms with van der Waals surface area (Å²) in [5.74, 6) is -0.706. The number of halogens is 1. The highest BCUT2D eigenvalue weighted by Gasteiger charge is 2.44. The maximum atomic E-state index is 13.5. The number of aromatic amines is 1. The van der Waals surface area contributed by atoms with E-state index < -0.39 is 11.5 Å². The number of rotatable bonds is 3. The van der Waals surface area contributed by atoms with E-state index in [-0.39, 0.29) is 17.9 Å². The number of carbonyl (C=O) groups is 2. The van der Waals surface area contributed by atoms with E-state index in [0.29, 0.717) is 36.2 Å². The summed E-state index contributed by atoms with van der Waals surface area (Å²) in [6, 6.07) is 3.71. The van der Waals surface area contributed by atoms with Crippen molar-refractivity contribution in [2.24, 2.45) is 0 Å². The Bertz CT molecular complexity index is 875. The molecule has 2 amide bonds. The Morgan fingerprint density at radius 1 is 1.26 bits per heavy atom. The van der Waals surface area contributed by atoms with Gasteiger partial charge in [-0.3, -0.25) is 0 Å². The highest BCUT2D eigenvalue weighted by Crippen LogP contribution is 2.33. The zero-order chi connectivity index (χ0) is 19.0. The van der Waals surface area contributed by atoms with E-state index in [9.17, 15) is 19.1 Å². The monoisotopic (exact) mass is 374 g/mol. The molecule has 0 radical (unpaired) electrons. The minimum absolute atomic E-state index is 0.276. The van der Waals surface area contributed by atoms with Gasteiger partial charge in [-0.1, -0.05) is 12.8 Å². The number of aromatic nitrogens is 2. The minimum atomic E-state index is -1.17. The van der Waals surface area contributed by atoms with Gasteiger partial charge in [0.25, 0.3) is 0 Å². The van der Waals surface area contributed by atoms with E-state index in [2.05, 4.69) is 15.3 Å². The van der Waals surface area contributed by atoms with Gasteiger partial charge < -0.3 is 20.3 Å². The van der Waals surface area contributed by atoms with E-state index in [1.54, 1.807) is 11.0 Å². The van der Waals surface area contributed by atoms with Crippen molar-refractivity contribution in [3.05, 3.63) is 29.8 Å². The summed E-state index contributed by atoms with van der Waals surface area (Å²) in [6.07, 6.45) is 5.04. The molecule has 1 saturated carbocycles. The predicted octanol–water partition coefficient (Wildman–Crippen LogP) is 3.34. The number of piperidine rings is 1. The largest absolute Gasteiger partial charge is 0.480 e. The number of H-pyrrole nitrogens is 1. The number of imidazole rings is 1. The number of nitrogens with one attached hydrogen (secondary N) is 2. The number of hydrogen-bond acceptors (Lipinski definition) is 3. The van der Waals surface area contributed by atoms with Crippen LogP contribution in [0.4, 0.5) is 9.18 Å². The molecule has 1 aliphatic heterocycles. The molecule has 4 rings (SSSR count). The molecular weight excluding hydrogens is 351 g/mol. The lowest BCUT2D eigenvalue weighted by Gasteiger charge is -2.37. The predicted molar refractivity (Wildman–Crippen MR) is 96.7 cm³/mol. The van der Waals surface area contributed by atoms with Crippen molar-refractivity contribution in [2.75, 3.05) is 6.54 Å². The van der Waals surface area contributed by atoms with Crippen LogP contribution >= 0.6 is 0 Å². The van der Waals surface area contributed by atoms with Crippen LogP contribution in [0.25, 0.3) is 11.0 Å². The van der Waals surface area contributed by atoms with Crippen LogP contribution in [0.3, 0.4) is 0 Å². The Morgan fingerprint density at radius 3 is 2.78 bits per heavy atom. The Labute approximate surface area is 156 Å². The molecule has 1 atom stereocenters. The molecular formula is C19H23FN4O3. The molecule has 3 N–H and O–H groups in total. The van der Waals surface area contributed by atoms with Gasteiger partial charge in [-0.15, -0.1) is 0 Å². The summed E-state index contributed by atoms with van der Waals surface area (Å²) in [4.78, 5) is 34.1. The van der Waals surface area contributed by atoms with Gasteiger partial charge in [0.1, 0.15) is 17.2 Å². The second-order valence-corrected chi connectivity index (χ2v) is 7.51. The summed E-state index contributed by atoms with van der Waals surface area (Å²) >= 11 is 0. The van der Waals surface area contributed by atoms with Gasteiger partial charge in [-0.05, 0) is 50.3 Å². The summed E-state index contributed by atoms with van der Waals surface area (Å²) in [5.41, 5.74) is 0.0691. The Morgan fingerprint density at radius 2 is 2.04 bits per heavy atom. The lowest BCUT2D eigenvalue weighted by molar-refractivity contribution is -0.144. The van der Waals surface area contributed by atoms with Crippen LogP contribution in [0.5, 0.6) is 0 Å². The van der Waals surface area contributed by atoms with Crippen LogP contribution in [-0.4, -0.2) is 44.1 Å². The highest BCUT2D eigenvalue weighted by molar-refractivity contribution is 5.87. The molecule has 27 heavy (non-hydrogen) atoms. The highest BCUT2D eigenvalue weighted by atomic mass is 19.1. The average Bonchev–Trinajstić information content (AvgIpc) is 3.29. The van der Waals surface area contributed by atoms with Crippen LogP contribution in [0.15, 0.2) is 18.2 Å². The van der Waals surface area contributed by atoms with E-state index in [1.165, 1.54) is 12.1 Å². The average molecular weight is 374 g/mol. The number of hydrogen-bond donors (Lipinski definition) is 3. The van der Waals surface area contributed by atoms with E-state index in [0.717, 1.165) is 32.1 Å². The number of aliphatic carboxylic acids is 1. The number of carbonyl (C=O) groups excluding carboxylic acids is 1. The first-order chi connectivity index (χ1) is 13.0. The molecule has 1 saturated heterocycles. The van der Waals surface area contributed by atoms with Gasteiger partial charge in [0.05, 0.1) is 17.1 Å². The maximum absolute atomic E-state index is 13.5. The molecule has 1 aliphatic carbocycles. The Kier molecular flexibility index (Phi) is 4.49. The number of carboxylic acids is 1. The van der Waals surface area contributed by atoms with Crippen molar-refractivity contribution < 1.29 is 19.1 Å². The fourth-order valence-corrected chi connectivity index (χ4v) is 4.27. The number of nitrogens with zero attached hydrogens (tertiary/aromatic N) is 2.